The molecule has 0 aromatic heterocycles. The van der Waals surface area contributed by atoms with Crippen molar-refractivity contribution in [1.29, 1.82) is 0 Å². The van der Waals surface area contributed by atoms with Crippen molar-refractivity contribution >= 4 is 5.57 Å². The van der Waals surface area contributed by atoms with Gasteiger partial charge in [0.2, 0.25) is 0 Å². The summed E-state index contributed by atoms with van der Waals surface area (Å²) >= 11 is 0. The van der Waals surface area contributed by atoms with Crippen LogP contribution in [-0.2, 0) is 6.42 Å². The van der Waals surface area contributed by atoms with Crippen LogP contribution >= 0.6 is 0 Å². The van der Waals surface area contributed by atoms with Crippen LogP contribution < -0.4 is 4.74 Å². The summed E-state index contributed by atoms with van der Waals surface area (Å²) in [5.41, 5.74) is 3.72. The fraction of sp³-hybridized carbons (Fsp3) is 0.0667. The van der Waals surface area contributed by atoms with Gasteiger partial charge in [-0.15, -0.1) is 0 Å². The van der Waals surface area contributed by atoms with E-state index < -0.39 is 0 Å². The Bertz CT molecular complexity index is 526. The standard InChI is InChI=1S/C15H12O/c1-2-6-12(7-3-1)14-10-13-8-4-5-9-15(13)16-11-14/h1-9,11H,10H2. The van der Waals surface area contributed by atoms with Gasteiger partial charge >= 0.3 is 0 Å². The molecule has 0 bridgehead atoms. The maximum absolute atomic E-state index is 5.63. The lowest BCUT2D eigenvalue weighted by atomic mass is 9.97. The van der Waals surface area contributed by atoms with Crippen LogP contribution in [0.25, 0.3) is 5.57 Å². The van der Waals surface area contributed by atoms with E-state index in [1.54, 1.807) is 0 Å². The molecule has 1 heteroatoms. The Labute approximate surface area is 95.0 Å². The van der Waals surface area contributed by atoms with E-state index in [0.717, 1.165) is 12.2 Å². The van der Waals surface area contributed by atoms with Crippen LogP contribution in [0.3, 0.4) is 0 Å². The Morgan fingerprint density at radius 3 is 2.44 bits per heavy atom. The van der Waals surface area contributed by atoms with Gasteiger partial charge in [-0.25, -0.2) is 0 Å². The predicted molar refractivity (Wildman–Crippen MR) is 65.2 cm³/mol. The molecule has 3 rings (SSSR count). The molecular weight excluding hydrogens is 196 g/mol. The van der Waals surface area contributed by atoms with Gasteiger partial charge in [0, 0.05) is 6.42 Å². The molecule has 2 aromatic carbocycles. The van der Waals surface area contributed by atoms with Gasteiger partial charge in [-0.1, -0.05) is 48.5 Å². The molecule has 0 N–H and O–H groups in total. The first-order valence-electron chi connectivity index (χ1n) is 5.42. The van der Waals surface area contributed by atoms with Gasteiger partial charge in [0.25, 0.3) is 0 Å². The number of fused-ring (bicyclic) bond motifs is 1. The SMILES string of the molecule is C1=C(c2ccccc2)Cc2ccccc2O1. The molecule has 16 heavy (non-hydrogen) atoms. The Morgan fingerprint density at radius 1 is 0.812 bits per heavy atom. The molecule has 0 saturated heterocycles. The van der Waals surface area contributed by atoms with Crippen molar-refractivity contribution in [1.82, 2.24) is 0 Å². The first kappa shape index (κ1) is 9.22. The van der Waals surface area contributed by atoms with Crippen molar-refractivity contribution in [2.24, 2.45) is 0 Å². The highest BCUT2D eigenvalue weighted by Crippen LogP contribution is 2.30. The number of para-hydroxylation sites is 1. The predicted octanol–water partition coefficient (Wildman–Crippen LogP) is 3.66. The highest BCUT2D eigenvalue weighted by molar-refractivity contribution is 5.69. The maximum atomic E-state index is 5.63. The maximum Gasteiger partial charge on any atom is 0.130 e. The largest absolute Gasteiger partial charge is 0.464 e. The van der Waals surface area contributed by atoms with E-state index >= 15 is 0 Å². The average Bonchev–Trinajstić information content (AvgIpc) is 2.39. The van der Waals surface area contributed by atoms with Crippen molar-refractivity contribution in [3.8, 4) is 5.75 Å². The number of hydrogen-bond acceptors (Lipinski definition) is 1. The molecule has 0 spiro atoms. The van der Waals surface area contributed by atoms with Crippen LogP contribution in [-0.4, -0.2) is 0 Å². The van der Waals surface area contributed by atoms with Gasteiger partial charge in [0.05, 0.1) is 6.26 Å². The van der Waals surface area contributed by atoms with Gasteiger partial charge in [-0.2, -0.15) is 0 Å². The van der Waals surface area contributed by atoms with E-state index in [1.165, 1.54) is 16.7 Å². The number of ether oxygens (including phenoxy) is 1. The zero-order chi connectivity index (χ0) is 10.8. The van der Waals surface area contributed by atoms with E-state index in [2.05, 4.69) is 36.4 Å². The van der Waals surface area contributed by atoms with Gasteiger partial charge < -0.3 is 4.74 Å². The molecule has 78 valence electrons. The van der Waals surface area contributed by atoms with Crippen LogP contribution in [0.2, 0.25) is 0 Å². The number of benzene rings is 2. The lowest BCUT2D eigenvalue weighted by Crippen LogP contribution is -2.01. The average molecular weight is 208 g/mol. The second-order valence-electron chi connectivity index (χ2n) is 3.91. The Morgan fingerprint density at radius 2 is 1.56 bits per heavy atom. The molecule has 0 radical (unpaired) electrons. The molecule has 0 fully saturated rings. The van der Waals surface area contributed by atoms with Gasteiger partial charge in [-0.05, 0) is 22.8 Å². The lowest BCUT2D eigenvalue weighted by molar-refractivity contribution is 0.469. The quantitative estimate of drug-likeness (QED) is 0.695. The first-order valence-corrected chi connectivity index (χ1v) is 5.42. The van der Waals surface area contributed by atoms with Gasteiger partial charge in [0.15, 0.2) is 0 Å². The minimum absolute atomic E-state index is 0.945. The molecule has 0 amide bonds. The highest BCUT2D eigenvalue weighted by atomic mass is 16.5. The fourth-order valence-corrected chi connectivity index (χ4v) is 1.97. The van der Waals surface area contributed by atoms with Crippen molar-refractivity contribution < 1.29 is 4.74 Å². The van der Waals surface area contributed by atoms with Crippen LogP contribution in [0.1, 0.15) is 11.1 Å². The fourth-order valence-electron chi connectivity index (χ4n) is 1.97. The second kappa shape index (κ2) is 3.86. The van der Waals surface area contributed by atoms with Crippen molar-refractivity contribution in [3.63, 3.8) is 0 Å². The topological polar surface area (TPSA) is 9.23 Å². The molecule has 0 saturated carbocycles. The third-order valence-corrected chi connectivity index (χ3v) is 2.83. The van der Waals surface area contributed by atoms with Gasteiger partial charge in [0.1, 0.15) is 5.75 Å². The molecule has 1 aliphatic rings. The summed E-state index contributed by atoms with van der Waals surface area (Å²) < 4.78 is 5.63. The van der Waals surface area contributed by atoms with Crippen molar-refractivity contribution in [3.05, 3.63) is 72.0 Å². The molecule has 1 heterocycles. The minimum Gasteiger partial charge on any atom is -0.464 e. The molecule has 1 nitrogen and oxygen atoms in total. The zero-order valence-corrected chi connectivity index (χ0v) is 8.89. The molecule has 0 unspecified atom stereocenters. The summed E-state index contributed by atoms with van der Waals surface area (Å²) in [7, 11) is 0. The summed E-state index contributed by atoms with van der Waals surface area (Å²) in [6, 6.07) is 18.5. The van der Waals surface area contributed by atoms with Crippen LogP contribution in [0.5, 0.6) is 5.75 Å². The third kappa shape index (κ3) is 1.61. The monoisotopic (exact) mass is 208 g/mol. The van der Waals surface area contributed by atoms with Crippen molar-refractivity contribution in [2.75, 3.05) is 0 Å². The Balaban J connectivity index is 1.95. The normalized spacial score (nSPS) is 13.6. The van der Waals surface area contributed by atoms with Gasteiger partial charge in [-0.3, -0.25) is 0 Å². The summed E-state index contributed by atoms with van der Waals surface area (Å²) in [4.78, 5) is 0. The smallest absolute Gasteiger partial charge is 0.130 e. The minimum atomic E-state index is 0.945. The van der Waals surface area contributed by atoms with E-state index in [-0.39, 0.29) is 0 Å². The van der Waals surface area contributed by atoms with Crippen LogP contribution in [0, 0.1) is 0 Å². The number of hydrogen-bond donors (Lipinski definition) is 0. The lowest BCUT2D eigenvalue weighted by Gasteiger charge is -2.17. The summed E-state index contributed by atoms with van der Waals surface area (Å²) in [5.74, 6) is 0.974. The molecule has 0 atom stereocenters. The summed E-state index contributed by atoms with van der Waals surface area (Å²) in [6.45, 7) is 0. The Kier molecular flexibility index (Phi) is 2.22. The molecule has 0 aliphatic carbocycles. The summed E-state index contributed by atoms with van der Waals surface area (Å²) in [5, 5.41) is 0. The molecule has 2 aromatic rings. The van der Waals surface area contributed by atoms with Crippen molar-refractivity contribution in [2.45, 2.75) is 6.42 Å². The Hall–Kier alpha value is -2.02. The number of allylic oxidation sites excluding steroid dienone is 1. The molecular formula is C15H12O. The van der Waals surface area contributed by atoms with Crippen LogP contribution in [0.15, 0.2) is 60.9 Å². The van der Waals surface area contributed by atoms with Crippen LogP contribution in [0.4, 0.5) is 0 Å². The zero-order valence-electron chi connectivity index (χ0n) is 8.89. The van der Waals surface area contributed by atoms with E-state index in [0.29, 0.717) is 0 Å². The first-order chi connectivity index (χ1) is 7.93. The second-order valence-corrected chi connectivity index (χ2v) is 3.91. The summed E-state index contributed by atoms with van der Waals surface area (Å²) in [6.07, 6.45) is 2.80. The molecule has 1 aliphatic heterocycles. The third-order valence-electron chi connectivity index (χ3n) is 2.83. The number of rotatable bonds is 1. The highest BCUT2D eigenvalue weighted by Gasteiger charge is 2.12. The van der Waals surface area contributed by atoms with E-state index in [9.17, 15) is 0 Å². The van der Waals surface area contributed by atoms with E-state index in [4.69, 9.17) is 4.74 Å². The van der Waals surface area contributed by atoms with E-state index in [1.807, 2.05) is 24.5 Å².